The van der Waals surface area contributed by atoms with E-state index in [1.165, 1.54) is 17.2 Å². The average molecular weight is 335 g/mol. The summed E-state index contributed by atoms with van der Waals surface area (Å²) in [5, 5.41) is 0.376. The highest BCUT2D eigenvalue weighted by Crippen LogP contribution is 2.14. The Kier molecular flexibility index (Phi) is 5.31. The Morgan fingerprint density at radius 1 is 0.750 bits per heavy atom. The zero-order valence-electron chi connectivity index (χ0n) is 13.1. The van der Waals surface area contributed by atoms with Crippen LogP contribution in [0.4, 0.5) is 4.39 Å². The highest BCUT2D eigenvalue weighted by Gasteiger charge is 1.99. The Morgan fingerprint density at radius 3 is 2.08 bits per heavy atom. The second kappa shape index (κ2) is 7.81. The van der Waals surface area contributed by atoms with E-state index in [9.17, 15) is 4.39 Å². The number of hydrogen-bond donors (Lipinski definition) is 0. The van der Waals surface area contributed by atoms with Crippen molar-refractivity contribution < 1.29 is 4.39 Å². The fourth-order valence-corrected chi connectivity index (χ4v) is 2.58. The standard InChI is InChI=1S/C22H16ClF/c23-21-15-14-20(22(24)16-21)13-12-19-10-8-18(9-11-19)7-6-17-4-2-1-3-5-17/h1-5,8-11,14-16H,6-7H2. The second-order valence-corrected chi connectivity index (χ2v) is 5.99. The third kappa shape index (κ3) is 4.47. The van der Waals surface area contributed by atoms with Crippen LogP contribution in [-0.2, 0) is 12.8 Å². The van der Waals surface area contributed by atoms with Crippen molar-refractivity contribution in [3.8, 4) is 11.8 Å². The fourth-order valence-electron chi connectivity index (χ4n) is 2.42. The number of hydrogen-bond acceptors (Lipinski definition) is 0. The summed E-state index contributed by atoms with van der Waals surface area (Å²) in [6.07, 6.45) is 2.01. The van der Waals surface area contributed by atoms with Gasteiger partial charge in [-0.05, 0) is 54.3 Å². The molecule has 0 bridgehead atoms. The summed E-state index contributed by atoms with van der Waals surface area (Å²) >= 11 is 5.74. The highest BCUT2D eigenvalue weighted by molar-refractivity contribution is 6.30. The summed E-state index contributed by atoms with van der Waals surface area (Å²) in [6, 6.07) is 23.0. The van der Waals surface area contributed by atoms with E-state index in [0.717, 1.165) is 18.4 Å². The van der Waals surface area contributed by atoms with Crippen LogP contribution in [0.15, 0.2) is 72.8 Å². The molecular weight excluding hydrogens is 319 g/mol. The Labute approximate surface area is 146 Å². The third-order valence-corrected chi connectivity index (χ3v) is 4.01. The van der Waals surface area contributed by atoms with Crippen LogP contribution in [0, 0.1) is 17.7 Å². The molecule has 0 nitrogen and oxygen atoms in total. The molecule has 0 radical (unpaired) electrons. The number of rotatable bonds is 3. The molecular formula is C22H16ClF. The van der Waals surface area contributed by atoms with Gasteiger partial charge in [0.1, 0.15) is 5.82 Å². The van der Waals surface area contributed by atoms with Crippen molar-refractivity contribution >= 4 is 11.6 Å². The van der Waals surface area contributed by atoms with Gasteiger partial charge in [0.05, 0.1) is 5.56 Å². The molecule has 3 aromatic carbocycles. The zero-order chi connectivity index (χ0) is 16.8. The molecule has 3 aromatic rings. The average Bonchev–Trinajstić information content (AvgIpc) is 2.61. The summed E-state index contributed by atoms with van der Waals surface area (Å²) in [4.78, 5) is 0. The lowest BCUT2D eigenvalue weighted by molar-refractivity contribution is 0.624. The summed E-state index contributed by atoms with van der Waals surface area (Å²) in [5.41, 5.74) is 3.82. The van der Waals surface area contributed by atoms with Crippen molar-refractivity contribution in [3.05, 3.63) is 106 Å². The van der Waals surface area contributed by atoms with E-state index in [-0.39, 0.29) is 0 Å². The van der Waals surface area contributed by atoms with Gasteiger partial charge in [0.25, 0.3) is 0 Å². The molecule has 2 heteroatoms. The molecule has 0 atom stereocenters. The third-order valence-electron chi connectivity index (χ3n) is 3.77. The van der Waals surface area contributed by atoms with Crippen molar-refractivity contribution in [3.63, 3.8) is 0 Å². The molecule has 24 heavy (non-hydrogen) atoms. The molecule has 0 spiro atoms. The maximum absolute atomic E-state index is 13.7. The van der Waals surface area contributed by atoms with Crippen molar-refractivity contribution in [1.29, 1.82) is 0 Å². The molecule has 0 saturated heterocycles. The van der Waals surface area contributed by atoms with Gasteiger partial charge >= 0.3 is 0 Å². The Balaban J connectivity index is 1.66. The first-order valence-corrected chi connectivity index (χ1v) is 8.18. The molecule has 0 aromatic heterocycles. The molecule has 0 aliphatic heterocycles. The van der Waals surface area contributed by atoms with Crippen LogP contribution in [0.5, 0.6) is 0 Å². The lowest BCUT2D eigenvalue weighted by Gasteiger charge is -2.02. The van der Waals surface area contributed by atoms with Crippen LogP contribution in [0.25, 0.3) is 0 Å². The fraction of sp³-hybridized carbons (Fsp3) is 0.0909. The Hall–Kier alpha value is -2.56. The Morgan fingerprint density at radius 2 is 1.42 bits per heavy atom. The van der Waals surface area contributed by atoms with Crippen molar-refractivity contribution in [2.24, 2.45) is 0 Å². The lowest BCUT2D eigenvalue weighted by Crippen LogP contribution is -1.91. The molecule has 0 unspecified atom stereocenters. The largest absolute Gasteiger partial charge is 0.206 e. The molecule has 0 aliphatic carbocycles. The highest BCUT2D eigenvalue weighted by atomic mass is 35.5. The van der Waals surface area contributed by atoms with Crippen LogP contribution >= 0.6 is 11.6 Å². The lowest BCUT2D eigenvalue weighted by atomic mass is 10.0. The minimum absolute atomic E-state index is 0.354. The Bertz CT molecular complexity index is 871. The first-order valence-electron chi connectivity index (χ1n) is 7.81. The van der Waals surface area contributed by atoms with Crippen LogP contribution in [0.1, 0.15) is 22.3 Å². The summed E-state index contributed by atoms with van der Waals surface area (Å²) in [5.74, 6) is 5.45. The van der Waals surface area contributed by atoms with Crippen molar-refractivity contribution in [2.45, 2.75) is 12.8 Å². The van der Waals surface area contributed by atoms with Gasteiger partial charge in [-0.25, -0.2) is 4.39 Å². The maximum atomic E-state index is 13.7. The van der Waals surface area contributed by atoms with Gasteiger partial charge in [-0.15, -0.1) is 0 Å². The van der Waals surface area contributed by atoms with E-state index in [4.69, 9.17) is 11.6 Å². The summed E-state index contributed by atoms with van der Waals surface area (Å²) < 4.78 is 13.7. The second-order valence-electron chi connectivity index (χ2n) is 5.56. The summed E-state index contributed by atoms with van der Waals surface area (Å²) in [6.45, 7) is 0. The van der Waals surface area contributed by atoms with Gasteiger partial charge in [-0.2, -0.15) is 0 Å². The zero-order valence-corrected chi connectivity index (χ0v) is 13.9. The SMILES string of the molecule is Fc1cc(Cl)ccc1C#Cc1ccc(CCc2ccccc2)cc1. The predicted molar refractivity (Wildman–Crippen MR) is 97.7 cm³/mol. The maximum Gasteiger partial charge on any atom is 0.140 e. The molecule has 0 amide bonds. The first kappa shape index (κ1) is 16.3. The van der Waals surface area contributed by atoms with Gasteiger partial charge in [0.15, 0.2) is 0 Å². The van der Waals surface area contributed by atoms with Crippen LogP contribution in [-0.4, -0.2) is 0 Å². The van der Waals surface area contributed by atoms with Crippen molar-refractivity contribution in [1.82, 2.24) is 0 Å². The molecule has 0 saturated carbocycles. The normalized spacial score (nSPS) is 10.1. The van der Waals surface area contributed by atoms with E-state index < -0.39 is 5.82 Å². The van der Waals surface area contributed by atoms with Gasteiger partial charge in [-0.1, -0.05) is 65.9 Å². The molecule has 0 fully saturated rings. The van der Waals surface area contributed by atoms with Crippen LogP contribution in [0.2, 0.25) is 5.02 Å². The van der Waals surface area contributed by atoms with Crippen LogP contribution in [0.3, 0.4) is 0 Å². The molecule has 0 heterocycles. The first-order chi connectivity index (χ1) is 11.7. The van der Waals surface area contributed by atoms with Gasteiger partial charge in [-0.3, -0.25) is 0 Å². The number of aryl methyl sites for hydroxylation is 2. The molecule has 118 valence electrons. The van der Waals surface area contributed by atoms with Crippen LogP contribution < -0.4 is 0 Å². The minimum Gasteiger partial charge on any atom is -0.206 e. The molecule has 0 N–H and O–H groups in total. The van der Waals surface area contributed by atoms with E-state index in [1.54, 1.807) is 12.1 Å². The number of halogens is 2. The smallest absolute Gasteiger partial charge is 0.140 e. The van der Waals surface area contributed by atoms with Gasteiger partial charge < -0.3 is 0 Å². The van der Waals surface area contributed by atoms with Gasteiger partial charge in [0.2, 0.25) is 0 Å². The predicted octanol–water partition coefficient (Wildman–Crippen LogP) is 5.66. The summed E-state index contributed by atoms with van der Waals surface area (Å²) in [7, 11) is 0. The van der Waals surface area contributed by atoms with Crippen molar-refractivity contribution in [2.75, 3.05) is 0 Å². The minimum atomic E-state index is -0.394. The monoisotopic (exact) mass is 334 g/mol. The molecule has 3 rings (SSSR count). The van der Waals surface area contributed by atoms with E-state index in [0.29, 0.717) is 10.6 Å². The molecule has 0 aliphatic rings. The van der Waals surface area contributed by atoms with Gasteiger partial charge in [0, 0.05) is 10.6 Å². The van der Waals surface area contributed by atoms with E-state index in [2.05, 4.69) is 48.2 Å². The quantitative estimate of drug-likeness (QED) is 0.542. The number of benzene rings is 3. The van der Waals surface area contributed by atoms with E-state index >= 15 is 0 Å². The van der Waals surface area contributed by atoms with E-state index in [1.807, 2.05) is 18.2 Å². The topological polar surface area (TPSA) is 0 Å².